The maximum Gasteiger partial charge on any atom is 0.122 e. The van der Waals surface area contributed by atoms with Crippen LogP contribution in [-0.4, -0.2) is 31.2 Å². The van der Waals surface area contributed by atoms with Crippen LogP contribution in [0.4, 0.5) is 0 Å². The number of hydrogen-bond donors (Lipinski definition) is 1. The summed E-state index contributed by atoms with van der Waals surface area (Å²) in [6.45, 7) is 1.18. The fourth-order valence-corrected chi connectivity index (χ4v) is 0.400. The molecule has 0 aromatic carbocycles. The minimum absolute atomic E-state index is 0. The normalized spacial score (nSPS) is 7.73. The lowest BCUT2D eigenvalue weighted by atomic mass is 10.5. The van der Waals surface area contributed by atoms with Crippen LogP contribution in [0.2, 0.25) is 0 Å². The van der Waals surface area contributed by atoms with E-state index in [9.17, 15) is 4.79 Å². The van der Waals surface area contributed by atoms with Gasteiger partial charge in [0, 0.05) is 19.6 Å². The van der Waals surface area contributed by atoms with E-state index >= 15 is 0 Å². The number of aldehydes is 1. The predicted molar refractivity (Wildman–Crippen MR) is 46.7 cm³/mol. The second kappa shape index (κ2) is 16.3. The summed E-state index contributed by atoms with van der Waals surface area (Å²) in [6.07, 6.45) is 1.92. The lowest BCUT2D eigenvalue weighted by Gasteiger charge is -1.97. The Morgan fingerprint density at radius 2 is 1.91 bits per heavy atom. The van der Waals surface area contributed by atoms with Crippen molar-refractivity contribution in [1.82, 2.24) is 0 Å². The van der Waals surface area contributed by atoms with Crippen LogP contribution < -0.4 is 0 Å². The van der Waals surface area contributed by atoms with E-state index in [0.29, 0.717) is 26.1 Å². The molecule has 0 atom stereocenters. The molecule has 0 aromatic rings. The Hall–Kier alpha value is -0.410. The van der Waals surface area contributed by atoms with Gasteiger partial charge in [-0.25, -0.2) is 0 Å². The van der Waals surface area contributed by atoms with Gasteiger partial charge in [-0.15, -0.1) is 0 Å². The molecule has 0 radical (unpaired) electrons. The fraction of sp³-hybridized carbons (Fsp3) is 0.875. The molecule has 0 aliphatic heterocycles. The molecule has 0 aliphatic rings. The van der Waals surface area contributed by atoms with Crippen LogP contribution >= 0.6 is 0 Å². The first-order valence-corrected chi connectivity index (χ1v) is 3.04. The Labute approximate surface area is 69.4 Å². The number of aliphatic hydroxyl groups excluding tert-OH is 1. The predicted octanol–water partition coefficient (Wildman–Crippen LogP) is 1.25. The van der Waals surface area contributed by atoms with Gasteiger partial charge in [0.1, 0.15) is 6.29 Å². The third-order valence-corrected chi connectivity index (χ3v) is 0.827. The molecule has 70 valence electrons. The van der Waals surface area contributed by atoms with E-state index in [1.165, 1.54) is 0 Å². The van der Waals surface area contributed by atoms with Crippen molar-refractivity contribution in [3.8, 4) is 0 Å². The third kappa shape index (κ3) is 17.7. The maximum atomic E-state index is 9.71. The largest absolute Gasteiger partial charge is 0.396 e. The van der Waals surface area contributed by atoms with Gasteiger partial charge < -0.3 is 14.6 Å². The average molecular weight is 164 g/mol. The molecule has 0 saturated carbocycles. The zero-order valence-electron chi connectivity index (χ0n) is 5.38. The molecule has 11 heavy (non-hydrogen) atoms. The fourth-order valence-electron chi connectivity index (χ4n) is 0.400. The highest BCUT2D eigenvalue weighted by atomic mass is 16.5. The lowest BCUT2D eigenvalue weighted by Crippen LogP contribution is -1.98. The molecule has 0 saturated heterocycles. The van der Waals surface area contributed by atoms with Crippen molar-refractivity contribution in [3.63, 3.8) is 0 Å². The molecular weight excluding hydrogens is 144 g/mol. The zero-order valence-corrected chi connectivity index (χ0v) is 5.38. The van der Waals surface area contributed by atoms with Crippen LogP contribution in [0, 0.1) is 0 Å². The molecule has 3 heteroatoms. The molecule has 0 aliphatic carbocycles. The Balaban J connectivity index is -0.000000320. The van der Waals surface area contributed by atoms with Crippen LogP contribution in [0.25, 0.3) is 0 Å². The van der Waals surface area contributed by atoms with Crippen LogP contribution in [0.5, 0.6) is 0 Å². The number of hydrogen-bond acceptors (Lipinski definition) is 3. The summed E-state index contributed by atoms with van der Waals surface area (Å²) >= 11 is 0. The summed E-state index contributed by atoms with van der Waals surface area (Å²) in [5.41, 5.74) is 0. The van der Waals surface area contributed by atoms with Crippen molar-refractivity contribution in [3.05, 3.63) is 0 Å². The van der Waals surface area contributed by atoms with Gasteiger partial charge >= 0.3 is 0 Å². The van der Waals surface area contributed by atoms with Crippen molar-refractivity contribution >= 4 is 6.29 Å². The van der Waals surface area contributed by atoms with Gasteiger partial charge in [0.15, 0.2) is 0 Å². The van der Waals surface area contributed by atoms with Crippen LogP contribution in [0.1, 0.15) is 27.7 Å². The van der Waals surface area contributed by atoms with E-state index in [1.807, 2.05) is 0 Å². The van der Waals surface area contributed by atoms with Crippen molar-refractivity contribution in [2.24, 2.45) is 0 Å². The highest BCUT2D eigenvalue weighted by Crippen LogP contribution is 1.81. The minimum atomic E-state index is 0. The monoisotopic (exact) mass is 164 g/mol. The summed E-state index contributed by atoms with van der Waals surface area (Å²) in [5, 5.41) is 8.27. The Bertz CT molecular complexity index is 64.4. The number of ether oxygens (including phenoxy) is 1. The van der Waals surface area contributed by atoms with Crippen LogP contribution in [-0.2, 0) is 9.53 Å². The Morgan fingerprint density at radius 3 is 2.36 bits per heavy atom. The molecule has 0 heterocycles. The van der Waals surface area contributed by atoms with Crippen LogP contribution in [0.3, 0.4) is 0 Å². The van der Waals surface area contributed by atoms with E-state index in [2.05, 4.69) is 0 Å². The van der Waals surface area contributed by atoms with Crippen molar-refractivity contribution in [2.75, 3.05) is 19.8 Å². The first-order chi connectivity index (χ1) is 4.41. The molecule has 0 aromatic heterocycles. The van der Waals surface area contributed by atoms with E-state index in [4.69, 9.17) is 9.84 Å². The number of carbonyl (C=O) groups excluding carboxylic acids is 1. The van der Waals surface area contributed by atoms with Gasteiger partial charge in [0.2, 0.25) is 0 Å². The van der Waals surface area contributed by atoms with Crippen molar-refractivity contribution in [1.29, 1.82) is 0 Å². The SMILES string of the molecule is C.C.O=CCCOCCCO. The molecule has 1 N–H and O–H groups in total. The molecule has 0 spiro atoms. The van der Waals surface area contributed by atoms with Gasteiger partial charge in [0.25, 0.3) is 0 Å². The number of rotatable bonds is 6. The lowest BCUT2D eigenvalue weighted by molar-refractivity contribution is -0.108. The van der Waals surface area contributed by atoms with E-state index in [1.54, 1.807) is 0 Å². The van der Waals surface area contributed by atoms with Gasteiger partial charge in [-0.3, -0.25) is 0 Å². The summed E-state index contributed by atoms with van der Waals surface area (Å²) in [5.74, 6) is 0. The summed E-state index contributed by atoms with van der Waals surface area (Å²) in [6, 6.07) is 0. The molecular formula is C8H20O3. The molecule has 0 bridgehead atoms. The summed E-state index contributed by atoms with van der Waals surface area (Å²) in [7, 11) is 0. The second-order valence-corrected chi connectivity index (χ2v) is 1.64. The van der Waals surface area contributed by atoms with Gasteiger partial charge in [-0.2, -0.15) is 0 Å². The van der Waals surface area contributed by atoms with Gasteiger partial charge in [-0.05, 0) is 6.42 Å². The second-order valence-electron chi connectivity index (χ2n) is 1.64. The smallest absolute Gasteiger partial charge is 0.122 e. The standard InChI is InChI=1S/C6H12O3.2CH4/c7-3-1-5-9-6-2-4-8;;/h3,8H,1-2,4-6H2;2*1H4. The van der Waals surface area contributed by atoms with Crippen molar-refractivity contribution < 1.29 is 14.6 Å². The molecule has 0 amide bonds. The van der Waals surface area contributed by atoms with E-state index in [-0.39, 0.29) is 21.5 Å². The Kier molecular flexibility index (Phi) is 25.0. The van der Waals surface area contributed by atoms with E-state index in [0.717, 1.165) is 6.29 Å². The first-order valence-electron chi connectivity index (χ1n) is 3.04. The average Bonchev–Trinajstić information content (AvgIpc) is 1.89. The Morgan fingerprint density at radius 1 is 1.27 bits per heavy atom. The van der Waals surface area contributed by atoms with Crippen LogP contribution in [0.15, 0.2) is 0 Å². The van der Waals surface area contributed by atoms with Gasteiger partial charge in [-0.1, -0.05) is 14.9 Å². The summed E-state index contributed by atoms with van der Waals surface area (Å²) in [4.78, 5) is 9.71. The number of carbonyl (C=O) groups is 1. The zero-order chi connectivity index (χ0) is 6.95. The van der Waals surface area contributed by atoms with Crippen molar-refractivity contribution in [2.45, 2.75) is 27.7 Å². The molecule has 0 rings (SSSR count). The topological polar surface area (TPSA) is 46.5 Å². The third-order valence-electron chi connectivity index (χ3n) is 0.827. The van der Waals surface area contributed by atoms with E-state index < -0.39 is 0 Å². The number of aliphatic hydroxyl groups is 1. The molecule has 0 fully saturated rings. The molecule has 3 nitrogen and oxygen atoms in total. The highest BCUT2D eigenvalue weighted by molar-refractivity contribution is 5.49. The maximum absolute atomic E-state index is 9.71. The summed E-state index contributed by atoms with van der Waals surface area (Å²) < 4.78 is 4.92. The van der Waals surface area contributed by atoms with Gasteiger partial charge in [0.05, 0.1) is 6.61 Å². The highest BCUT2D eigenvalue weighted by Gasteiger charge is 1.85. The first kappa shape index (κ1) is 16.9. The minimum Gasteiger partial charge on any atom is -0.396 e. The quantitative estimate of drug-likeness (QED) is 0.474. The molecule has 0 unspecified atom stereocenters.